The van der Waals surface area contributed by atoms with Crippen LogP contribution in [0.15, 0.2) is 48.5 Å². The van der Waals surface area contributed by atoms with Crippen molar-refractivity contribution in [1.29, 1.82) is 0 Å². The van der Waals surface area contributed by atoms with Gasteiger partial charge in [-0.2, -0.15) is 11.8 Å². The van der Waals surface area contributed by atoms with Crippen LogP contribution >= 0.6 is 11.8 Å². The van der Waals surface area contributed by atoms with Crippen LogP contribution in [0.4, 0.5) is 5.69 Å². The number of amides is 1. The van der Waals surface area contributed by atoms with Gasteiger partial charge in [-0.25, -0.2) is 0 Å². The van der Waals surface area contributed by atoms with Crippen LogP contribution in [-0.2, 0) is 17.0 Å². The number of thioether (sulfide) groups is 1. The van der Waals surface area contributed by atoms with E-state index in [4.69, 9.17) is 5.11 Å². The lowest BCUT2D eigenvalue weighted by atomic mass is 10.0. The Morgan fingerprint density at radius 2 is 1.64 bits per heavy atom. The first-order valence-electron chi connectivity index (χ1n) is 8.29. The highest BCUT2D eigenvalue weighted by Gasteiger charge is 2.12. The molecule has 5 heteroatoms. The van der Waals surface area contributed by atoms with E-state index in [9.17, 15) is 9.59 Å². The number of hydrogen-bond donors (Lipinski definition) is 2. The Bertz CT molecular complexity index is 711. The normalized spacial score (nSPS) is 11.8. The zero-order chi connectivity index (χ0) is 18.2. The Morgan fingerprint density at radius 3 is 2.20 bits per heavy atom. The average Bonchev–Trinajstić information content (AvgIpc) is 2.61. The zero-order valence-corrected chi connectivity index (χ0v) is 15.3. The molecule has 0 bridgehead atoms. The Balaban J connectivity index is 1.94. The van der Waals surface area contributed by atoms with Crippen LogP contribution in [-0.4, -0.2) is 22.7 Å². The molecule has 0 aliphatic rings. The predicted molar refractivity (Wildman–Crippen MR) is 103 cm³/mol. The Hall–Kier alpha value is -2.27. The van der Waals surface area contributed by atoms with Gasteiger partial charge in [0.25, 0.3) is 5.91 Å². The molecule has 0 spiro atoms. The molecule has 4 nitrogen and oxygen atoms in total. The van der Waals surface area contributed by atoms with E-state index < -0.39 is 11.9 Å². The second-order valence-electron chi connectivity index (χ2n) is 5.93. The maximum Gasteiger partial charge on any atom is 0.306 e. The minimum Gasteiger partial charge on any atom is -0.481 e. The van der Waals surface area contributed by atoms with Crippen LogP contribution in [0.2, 0.25) is 0 Å². The Morgan fingerprint density at radius 1 is 1.04 bits per heavy atom. The molecular weight excluding hydrogens is 334 g/mol. The predicted octanol–water partition coefficient (Wildman–Crippen LogP) is 4.46. The van der Waals surface area contributed by atoms with E-state index in [1.165, 1.54) is 5.56 Å². The highest BCUT2D eigenvalue weighted by molar-refractivity contribution is 7.98. The van der Waals surface area contributed by atoms with Crippen molar-refractivity contribution in [1.82, 2.24) is 0 Å². The lowest BCUT2D eigenvalue weighted by molar-refractivity contribution is -0.141. The summed E-state index contributed by atoms with van der Waals surface area (Å²) in [4.78, 5) is 23.2. The molecule has 0 saturated heterocycles. The molecule has 2 aromatic carbocycles. The summed E-state index contributed by atoms with van der Waals surface area (Å²) < 4.78 is 0. The molecule has 2 rings (SSSR count). The van der Waals surface area contributed by atoms with Gasteiger partial charge < -0.3 is 10.4 Å². The number of aliphatic carboxylic acids is 1. The smallest absolute Gasteiger partial charge is 0.306 e. The van der Waals surface area contributed by atoms with Gasteiger partial charge in [0.15, 0.2) is 0 Å². The summed E-state index contributed by atoms with van der Waals surface area (Å²) in [5.41, 5.74) is 3.46. The summed E-state index contributed by atoms with van der Waals surface area (Å²) in [6.07, 6.45) is 0.473. The van der Waals surface area contributed by atoms with Gasteiger partial charge in [0.05, 0.1) is 5.92 Å². The molecule has 0 fully saturated rings. The van der Waals surface area contributed by atoms with Gasteiger partial charge in [-0.15, -0.1) is 0 Å². The van der Waals surface area contributed by atoms with Crippen LogP contribution in [0.1, 0.15) is 35.3 Å². The largest absolute Gasteiger partial charge is 0.481 e. The monoisotopic (exact) mass is 357 g/mol. The lowest BCUT2D eigenvalue weighted by Gasteiger charge is -2.09. The first kappa shape index (κ1) is 19.1. The molecule has 25 heavy (non-hydrogen) atoms. The van der Waals surface area contributed by atoms with E-state index in [2.05, 4.69) is 12.2 Å². The highest BCUT2D eigenvalue weighted by Crippen LogP contribution is 2.16. The van der Waals surface area contributed by atoms with Crippen LogP contribution < -0.4 is 5.32 Å². The summed E-state index contributed by atoms with van der Waals surface area (Å²) in [5.74, 6) is 0.641. The van der Waals surface area contributed by atoms with E-state index in [1.54, 1.807) is 19.1 Å². The van der Waals surface area contributed by atoms with Crippen molar-refractivity contribution < 1.29 is 14.7 Å². The minimum atomic E-state index is -0.807. The molecule has 0 aliphatic carbocycles. The maximum absolute atomic E-state index is 12.3. The van der Waals surface area contributed by atoms with Crippen molar-refractivity contribution >= 4 is 29.3 Å². The number of benzene rings is 2. The van der Waals surface area contributed by atoms with E-state index in [0.29, 0.717) is 17.7 Å². The van der Waals surface area contributed by atoms with E-state index in [0.717, 1.165) is 17.1 Å². The molecule has 2 aromatic rings. The highest BCUT2D eigenvalue weighted by atomic mass is 32.2. The van der Waals surface area contributed by atoms with Gasteiger partial charge in [0.1, 0.15) is 0 Å². The zero-order valence-electron chi connectivity index (χ0n) is 14.5. The minimum absolute atomic E-state index is 0.152. The number of carboxylic acids is 1. The Kier molecular flexibility index (Phi) is 7.07. The number of nitrogens with one attached hydrogen (secondary N) is 1. The third kappa shape index (κ3) is 5.94. The molecule has 1 atom stereocenters. The number of carboxylic acid groups (broad SMARTS) is 1. The number of carbonyl (C=O) groups excluding carboxylic acids is 1. The fraction of sp³-hybridized carbons (Fsp3) is 0.300. The number of hydrogen-bond acceptors (Lipinski definition) is 3. The molecule has 1 amide bonds. The summed E-state index contributed by atoms with van der Waals surface area (Å²) in [6, 6.07) is 14.9. The molecule has 0 heterocycles. The van der Waals surface area contributed by atoms with Crippen molar-refractivity contribution in [2.75, 3.05) is 11.1 Å². The third-order valence-electron chi connectivity index (χ3n) is 3.86. The molecule has 0 saturated carbocycles. The molecule has 2 N–H and O–H groups in total. The summed E-state index contributed by atoms with van der Waals surface area (Å²) in [6.45, 7) is 3.81. The first-order valence-corrected chi connectivity index (χ1v) is 9.45. The van der Waals surface area contributed by atoms with E-state index in [-0.39, 0.29) is 5.91 Å². The van der Waals surface area contributed by atoms with Gasteiger partial charge >= 0.3 is 5.97 Å². The fourth-order valence-electron chi connectivity index (χ4n) is 2.34. The topological polar surface area (TPSA) is 66.4 Å². The van der Waals surface area contributed by atoms with Gasteiger partial charge in [0.2, 0.25) is 0 Å². The van der Waals surface area contributed by atoms with Gasteiger partial charge in [-0.3, -0.25) is 9.59 Å². The molecule has 0 aromatic heterocycles. The third-order valence-corrected chi connectivity index (χ3v) is 4.81. The second-order valence-corrected chi connectivity index (χ2v) is 7.20. The van der Waals surface area contributed by atoms with Gasteiger partial charge in [-0.05, 0) is 47.6 Å². The second kappa shape index (κ2) is 9.28. The maximum atomic E-state index is 12.3. The Labute approximate surface area is 152 Å². The summed E-state index contributed by atoms with van der Waals surface area (Å²) in [7, 11) is 0. The van der Waals surface area contributed by atoms with Crippen molar-refractivity contribution in [3.05, 3.63) is 65.2 Å². The van der Waals surface area contributed by atoms with Crippen LogP contribution in [0.25, 0.3) is 0 Å². The number of anilines is 1. The average molecular weight is 357 g/mol. The van der Waals surface area contributed by atoms with Crippen LogP contribution in [0.5, 0.6) is 0 Å². The molecule has 0 radical (unpaired) electrons. The molecular formula is C20H23NO3S. The molecule has 132 valence electrons. The number of carbonyl (C=O) groups is 2. The summed E-state index contributed by atoms with van der Waals surface area (Å²) >= 11 is 1.85. The van der Waals surface area contributed by atoms with Gasteiger partial charge in [0, 0.05) is 17.0 Å². The quantitative estimate of drug-likeness (QED) is 0.732. The summed E-state index contributed by atoms with van der Waals surface area (Å²) in [5, 5.41) is 11.8. The molecule has 0 aliphatic heterocycles. The van der Waals surface area contributed by atoms with Crippen LogP contribution in [0, 0.1) is 5.92 Å². The van der Waals surface area contributed by atoms with Gasteiger partial charge in [-0.1, -0.05) is 38.1 Å². The fourth-order valence-corrected chi connectivity index (χ4v) is 2.97. The van der Waals surface area contributed by atoms with Crippen molar-refractivity contribution in [3.63, 3.8) is 0 Å². The van der Waals surface area contributed by atoms with E-state index in [1.807, 2.05) is 48.2 Å². The van der Waals surface area contributed by atoms with Crippen molar-refractivity contribution in [2.24, 2.45) is 5.92 Å². The molecule has 1 unspecified atom stereocenters. The standard InChI is InChI=1S/C20H23NO3S/c1-3-25-13-16-4-8-17(9-5-16)19(22)21-18-10-6-15(7-11-18)12-14(2)20(23)24/h4-11,14H,3,12-13H2,1-2H3,(H,21,22)(H,23,24). The van der Waals surface area contributed by atoms with Crippen LogP contribution in [0.3, 0.4) is 0 Å². The SMILES string of the molecule is CCSCc1ccc(C(=O)Nc2ccc(CC(C)C(=O)O)cc2)cc1. The van der Waals surface area contributed by atoms with Crippen molar-refractivity contribution in [3.8, 4) is 0 Å². The lowest BCUT2D eigenvalue weighted by Crippen LogP contribution is -2.13. The van der Waals surface area contributed by atoms with E-state index >= 15 is 0 Å². The van der Waals surface area contributed by atoms with Crippen molar-refractivity contribution in [2.45, 2.75) is 26.0 Å². The number of rotatable bonds is 8. The first-order chi connectivity index (χ1) is 12.0.